The van der Waals surface area contributed by atoms with Crippen molar-refractivity contribution in [3.63, 3.8) is 0 Å². The molecule has 0 aromatic carbocycles. The van der Waals surface area contributed by atoms with Gasteiger partial charge in [0, 0.05) is 53.5 Å². The van der Waals surface area contributed by atoms with Crippen LogP contribution in [0.5, 0.6) is 0 Å². The van der Waals surface area contributed by atoms with Crippen molar-refractivity contribution in [3.05, 3.63) is 37.9 Å². The summed E-state index contributed by atoms with van der Waals surface area (Å²) in [6.45, 7) is 5.61. The van der Waals surface area contributed by atoms with Crippen molar-refractivity contribution in [2.45, 2.75) is 20.8 Å². The lowest BCUT2D eigenvalue weighted by atomic mass is 10.2. The fourth-order valence-electron chi connectivity index (χ4n) is 2.08. The highest BCUT2D eigenvalue weighted by Crippen LogP contribution is 2.15. The van der Waals surface area contributed by atoms with E-state index >= 15 is 0 Å². The maximum atomic E-state index is 11.4. The molecule has 0 aliphatic heterocycles. The summed E-state index contributed by atoms with van der Waals surface area (Å²) in [4.78, 5) is 37.9. The molecule has 0 atom stereocenters. The number of aromatic nitrogens is 5. The number of rotatable bonds is 3. The van der Waals surface area contributed by atoms with Crippen LogP contribution in [0.4, 0.5) is 11.6 Å². The number of hydrogen-bond donors (Lipinski definition) is 0. The lowest BCUT2D eigenvalue weighted by Gasteiger charge is -2.12. The Labute approximate surface area is 158 Å². The lowest BCUT2D eigenvalue weighted by molar-refractivity contribution is 0.642. The molecule has 0 amide bonds. The highest BCUT2D eigenvalue weighted by Gasteiger charge is 2.07. The van der Waals surface area contributed by atoms with Gasteiger partial charge in [-0.2, -0.15) is 15.1 Å². The van der Waals surface area contributed by atoms with Gasteiger partial charge in [0.2, 0.25) is 0 Å². The third-order valence-corrected chi connectivity index (χ3v) is 3.81. The van der Waals surface area contributed by atoms with Crippen LogP contribution in [0.25, 0.3) is 0 Å². The summed E-state index contributed by atoms with van der Waals surface area (Å²) in [6, 6.07) is 0. The molecule has 0 saturated carbocycles. The zero-order chi connectivity index (χ0) is 20.9. The van der Waals surface area contributed by atoms with Crippen molar-refractivity contribution in [2.75, 3.05) is 33.1 Å². The van der Waals surface area contributed by atoms with Crippen molar-refractivity contribution in [2.24, 2.45) is 19.1 Å². The van der Waals surface area contributed by atoms with E-state index in [1.54, 1.807) is 30.2 Å². The zero-order valence-electron chi connectivity index (χ0n) is 17.5. The topological polar surface area (TPSA) is 102 Å². The van der Waals surface area contributed by atoms with E-state index in [9.17, 15) is 9.59 Å². The van der Waals surface area contributed by atoms with Crippen LogP contribution in [0.2, 0.25) is 0 Å². The van der Waals surface area contributed by atoms with Gasteiger partial charge in [0.1, 0.15) is 5.69 Å². The molecular weight excluding hydrogens is 348 g/mol. The second kappa shape index (κ2) is 9.06. The molecule has 0 unspecified atom stereocenters. The van der Waals surface area contributed by atoms with E-state index in [1.807, 2.05) is 49.0 Å². The van der Waals surface area contributed by atoms with E-state index in [2.05, 4.69) is 20.1 Å². The summed E-state index contributed by atoms with van der Waals surface area (Å²) in [5.41, 5.74) is 1.96. The van der Waals surface area contributed by atoms with Crippen LogP contribution in [-0.2, 0) is 14.1 Å². The second-order valence-electron chi connectivity index (χ2n) is 6.52. The minimum atomic E-state index is -0.329. The van der Waals surface area contributed by atoms with Crippen LogP contribution in [0.3, 0.4) is 0 Å². The Balaban J connectivity index is 0.000000277. The first-order valence-corrected chi connectivity index (χ1v) is 8.29. The number of nitrogens with zero attached hydrogens (tertiary/aromatic N) is 8. The van der Waals surface area contributed by atoms with E-state index in [0.717, 1.165) is 17.0 Å². The smallest absolute Gasteiger partial charge is 0.365 e. The van der Waals surface area contributed by atoms with Crippen molar-refractivity contribution < 1.29 is 0 Å². The van der Waals surface area contributed by atoms with Crippen molar-refractivity contribution in [1.82, 2.24) is 29.2 Å². The van der Waals surface area contributed by atoms with Crippen molar-refractivity contribution >= 4 is 18.0 Å². The molecule has 2 aromatic rings. The molecule has 10 heteroatoms. The molecule has 0 saturated heterocycles. The average Bonchev–Trinajstić information content (AvgIpc) is 2.58. The fourth-order valence-corrected chi connectivity index (χ4v) is 2.08. The Morgan fingerprint density at radius 2 is 1.56 bits per heavy atom. The molecule has 2 rings (SSSR count). The van der Waals surface area contributed by atoms with Gasteiger partial charge in [-0.1, -0.05) is 0 Å². The summed E-state index contributed by atoms with van der Waals surface area (Å²) in [5.74, 6) is 1.11. The number of anilines is 1. The van der Waals surface area contributed by atoms with Gasteiger partial charge in [-0.25, -0.2) is 19.3 Å². The quantitative estimate of drug-likeness (QED) is 0.556. The van der Waals surface area contributed by atoms with Crippen molar-refractivity contribution in [1.29, 1.82) is 0 Å². The Hall–Kier alpha value is -3.04. The highest BCUT2D eigenvalue weighted by molar-refractivity contribution is 5.60. The third kappa shape index (κ3) is 5.73. The van der Waals surface area contributed by atoms with Crippen LogP contribution >= 0.6 is 0 Å². The SMILES string of the molecule is Cc1c(N=CN(C)C)nc(=O)n(C)c1C.Cc1nn(C)c(=O)nc1N(C)C. The molecule has 0 radical (unpaired) electrons. The van der Waals surface area contributed by atoms with E-state index in [4.69, 9.17) is 0 Å². The summed E-state index contributed by atoms with van der Waals surface area (Å²) < 4.78 is 2.74. The number of aryl methyl sites for hydroxylation is 2. The largest absolute Gasteiger partial charge is 0.369 e. The van der Waals surface area contributed by atoms with Gasteiger partial charge < -0.3 is 9.80 Å². The Morgan fingerprint density at radius 1 is 0.963 bits per heavy atom. The molecule has 0 aliphatic rings. The summed E-state index contributed by atoms with van der Waals surface area (Å²) >= 11 is 0. The minimum absolute atomic E-state index is 0.274. The average molecular weight is 376 g/mol. The first-order valence-electron chi connectivity index (χ1n) is 8.29. The standard InChI is InChI=1S/C10H16N4O.C7H12N4O/c1-7-8(2)14(5)10(15)12-9(7)11-6-13(3)4;1-5-6(10(2)3)8-7(12)11(4)9-5/h6H,1-5H3;1-4H3. The van der Waals surface area contributed by atoms with E-state index in [-0.39, 0.29) is 11.4 Å². The van der Waals surface area contributed by atoms with Gasteiger partial charge in [0.05, 0.1) is 6.34 Å². The van der Waals surface area contributed by atoms with E-state index in [1.165, 1.54) is 9.25 Å². The van der Waals surface area contributed by atoms with Gasteiger partial charge in [-0.15, -0.1) is 0 Å². The van der Waals surface area contributed by atoms with Crippen molar-refractivity contribution in [3.8, 4) is 0 Å². The van der Waals surface area contributed by atoms with Crippen LogP contribution in [0.1, 0.15) is 17.0 Å². The second-order valence-corrected chi connectivity index (χ2v) is 6.52. The number of aliphatic imine (C=N–C) groups is 1. The van der Waals surface area contributed by atoms with Crippen LogP contribution in [-0.4, -0.2) is 63.7 Å². The maximum absolute atomic E-state index is 11.4. The molecule has 0 fully saturated rings. The predicted octanol–water partition coefficient (Wildman–Crippen LogP) is 0.168. The van der Waals surface area contributed by atoms with E-state index < -0.39 is 0 Å². The molecule has 148 valence electrons. The molecule has 0 N–H and O–H groups in total. The molecule has 27 heavy (non-hydrogen) atoms. The van der Waals surface area contributed by atoms with Gasteiger partial charge in [0.15, 0.2) is 11.6 Å². The predicted molar refractivity (Wildman–Crippen MR) is 107 cm³/mol. The first kappa shape index (κ1) is 22.0. The van der Waals surface area contributed by atoms with Crippen LogP contribution in [0.15, 0.2) is 14.6 Å². The Bertz CT molecular complexity index is 941. The lowest BCUT2D eigenvalue weighted by Crippen LogP contribution is -2.27. The number of hydrogen-bond acceptors (Lipinski definition) is 7. The van der Waals surface area contributed by atoms with Gasteiger partial charge >= 0.3 is 11.4 Å². The molecule has 2 heterocycles. The minimum Gasteiger partial charge on any atom is -0.369 e. The fraction of sp³-hybridized carbons (Fsp3) is 0.529. The molecule has 0 aliphatic carbocycles. The van der Waals surface area contributed by atoms with Gasteiger partial charge in [0.25, 0.3) is 0 Å². The zero-order valence-corrected chi connectivity index (χ0v) is 17.5. The monoisotopic (exact) mass is 376 g/mol. The Kier molecular flexibility index (Phi) is 7.38. The maximum Gasteiger partial charge on any atom is 0.365 e. The highest BCUT2D eigenvalue weighted by atomic mass is 16.2. The molecule has 0 bridgehead atoms. The molecule has 10 nitrogen and oxygen atoms in total. The Morgan fingerprint density at radius 3 is 2.07 bits per heavy atom. The first-order chi connectivity index (χ1) is 12.5. The summed E-state index contributed by atoms with van der Waals surface area (Å²) in [7, 11) is 10.7. The molecule has 2 aromatic heterocycles. The van der Waals surface area contributed by atoms with Crippen LogP contribution < -0.4 is 16.3 Å². The third-order valence-electron chi connectivity index (χ3n) is 3.81. The molecular formula is C17H28N8O2. The van der Waals surface area contributed by atoms with Gasteiger partial charge in [-0.05, 0) is 20.8 Å². The van der Waals surface area contributed by atoms with Crippen LogP contribution in [0, 0.1) is 20.8 Å². The van der Waals surface area contributed by atoms with Gasteiger partial charge in [-0.3, -0.25) is 4.57 Å². The van der Waals surface area contributed by atoms with E-state index in [0.29, 0.717) is 11.6 Å². The molecule has 0 spiro atoms. The summed E-state index contributed by atoms with van der Waals surface area (Å²) in [6.07, 6.45) is 1.63. The normalized spacial score (nSPS) is 10.6. The summed E-state index contributed by atoms with van der Waals surface area (Å²) in [5, 5.41) is 3.99.